The summed E-state index contributed by atoms with van der Waals surface area (Å²) in [4.78, 5) is 0. The van der Waals surface area contributed by atoms with Crippen molar-refractivity contribution in [3.05, 3.63) is 0 Å². The first kappa shape index (κ1) is 12.4. The summed E-state index contributed by atoms with van der Waals surface area (Å²) in [5.41, 5.74) is 0. The minimum absolute atomic E-state index is 0.306. The quantitative estimate of drug-likeness (QED) is 0.819. The SMILES string of the molecule is OCC1CC2CC3C4CC4C4CC4C3C3CC(C1CO)C23. The van der Waals surface area contributed by atoms with E-state index in [-0.39, 0.29) is 0 Å². The molecule has 2 nitrogen and oxygen atoms in total. The van der Waals surface area contributed by atoms with Crippen molar-refractivity contribution in [1.29, 1.82) is 0 Å². The zero-order valence-corrected chi connectivity index (χ0v) is 12.8. The van der Waals surface area contributed by atoms with Gasteiger partial charge in [0.25, 0.3) is 0 Å². The van der Waals surface area contributed by atoms with Gasteiger partial charge < -0.3 is 10.2 Å². The third-order valence-corrected chi connectivity index (χ3v) is 9.22. The van der Waals surface area contributed by atoms with Crippen molar-refractivity contribution in [2.75, 3.05) is 13.2 Å². The van der Waals surface area contributed by atoms with Crippen LogP contribution < -0.4 is 0 Å². The maximum atomic E-state index is 9.81. The molecule has 2 N–H and O–H groups in total. The summed E-state index contributed by atoms with van der Waals surface area (Å²) in [7, 11) is 0. The molecular weight excluding hydrogens is 260 g/mol. The molecule has 12 atom stereocenters. The molecule has 116 valence electrons. The average Bonchev–Trinajstić information content (AvgIpc) is 3.33. The molecule has 0 amide bonds. The first-order valence-corrected chi connectivity index (χ1v) is 9.53. The molecule has 0 aromatic heterocycles. The van der Waals surface area contributed by atoms with E-state index in [1.807, 2.05) is 0 Å². The number of hydrogen-bond acceptors (Lipinski definition) is 2. The Labute approximate surface area is 127 Å². The summed E-state index contributed by atoms with van der Waals surface area (Å²) < 4.78 is 0. The monoisotopic (exact) mass is 288 g/mol. The van der Waals surface area contributed by atoms with Crippen molar-refractivity contribution >= 4 is 0 Å². The largest absolute Gasteiger partial charge is 0.396 e. The molecule has 0 saturated heterocycles. The van der Waals surface area contributed by atoms with Gasteiger partial charge in [-0.1, -0.05) is 0 Å². The topological polar surface area (TPSA) is 40.5 Å². The van der Waals surface area contributed by atoms with Crippen LogP contribution in [0.25, 0.3) is 0 Å². The van der Waals surface area contributed by atoms with Crippen LogP contribution in [0.4, 0.5) is 0 Å². The van der Waals surface area contributed by atoms with E-state index in [1.54, 1.807) is 12.8 Å². The van der Waals surface area contributed by atoms with E-state index in [9.17, 15) is 10.2 Å². The predicted octanol–water partition coefficient (Wildman–Crippen LogP) is 2.40. The van der Waals surface area contributed by atoms with Gasteiger partial charge in [-0.25, -0.2) is 0 Å². The highest BCUT2D eigenvalue weighted by Gasteiger charge is 2.71. The normalized spacial score (nSPS) is 68.9. The van der Waals surface area contributed by atoms with Crippen molar-refractivity contribution in [2.24, 2.45) is 71.0 Å². The molecule has 6 aliphatic rings. The van der Waals surface area contributed by atoms with Gasteiger partial charge >= 0.3 is 0 Å². The number of rotatable bonds is 2. The Bertz CT molecular complexity index is 476. The molecular formula is C19H28O2. The number of aliphatic hydroxyl groups is 2. The Kier molecular flexibility index (Phi) is 2.28. The second-order valence-electron chi connectivity index (χ2n) is 9.53. The highest BCUT2D eigenvalue weighted by atomic mass is 16.3. The third kappa shape index (κ3) is 1.39. The number of fused-ring (bicyclic) bond motifs is 7. The van der Waals surface area contributed by atoms with Crippen LogP contribution in [0.1, 0.15) is 32.1 Å². The lowest BCUT2D eigenvalue weighted by Crippen LogP contribution is -2.60. The van der Waals surface area contributed by atoms with Crippen LogP contribution in [-0.4, -0.2) is 23.4 Å². The fourth-order valence-corrected chi connectivity index (χ4v) is 8.45. The van der Waals surface area contributed by atoms with E-state index in [0.29, 0.717) is 25.0 Å². The second-order valence-corrected chi connectivity index (χ2v) is 9.53. The number of hydrogen-bond donors (Lipinski definition) is 2. The predicted molar refractivity (Wildman–Crippen MR) is 79.1 cm³/mol. The molecule has 0 aromatic carbocycles. The van der Waals surface area contributed by atoms with Crippen LogP contribution in [0, 0.1) is 71.0 Å². The Balaban J connectivity index is 1.32. The van der Waals surface area contributed by atoms with Crippen molar-refractivity contribution in [3.63, 3.8) is 0 Å². The van der Waals surface area contributed by atoms with Crippen LogP contribution in [-0.2, 0) is 0 Å². The molecule has 6 rings (SSSR count). The lowest BCUT2D eigenvalue weighted by Gasteiger charge is -2.65. The van der Waals surface area contributed by atoms with Gasteiger partial charge in [0, 0.05) is 13.2 Å². The molecule has 0 spiro atoms. The molecule has 0 bridgehead atoms. The lowest BCUT2D eigenvalue weighted by atomic mass is 9.40. The first-order valence-electron chi connectivity index (χ1n) is 9.53. The van der Waals surface area contributed by atoms with E-state index in [4.69, 9.17) is 0 Å². The van der Waals surface area contributed by atoms with Gasteiger partial charge in [0.2, 0.25) is 0 Å². The molecule has 0 aliphatic heterocycles. The fraction of sp³-hybridized carbons (Fsp3) is 1.00. The van der Waals surface area contributed by atoms with E-state index < -0.39 is 0 Å². The molecule has 21 heavy (non-hydrogen) atoms. The van der Waals surface area contributed by atoms with E-state index in [2.05, 4.69) is 0 Å². The molecule has 0 heterocycles. The van der Waals surface area contributed by atoms with Gasteiger partial charge in [0.15, 0.2) is 0 Å². The fourth-order valence-electron chi connectivity index (χ4n) is 8.45. The second kappa shape index (κ2) is 3.87. The summed E-state index contributed by atoms with van der Waals surface area (Å²) in [6, 6.07) is 0. The van der Waals surface area contributed by atoms with Gasteiger partial charge in [-0.05, 0) is 103 Å². The summed E-state index contributed by atoms with van der Waals surface area (Å²) in [5, 5.41) is 19.6. The zero-order chi connectivity index (χ0) is 13.9. The summed E-state index contributed by atoms with van der Waals surface area (Å²) >= 11 is 0. The smallest absolute Gasteiger partial charge is 0.0465 e. The molecule has 6 aliphatic carbocycles. The van der Waals surface area contributed by atoms with Crippen LogP contribution in [0.2, 0.25) is 0 Å². The average molecular weight is 288 g/mol. The van der Waals surface area contributed by atoms with Crippen LogP contribution in [0.3, 0.4) is 0 Å². The van der Waals surface area contributed by atoms with Crippen molar-refractivity contribution in [1.82, 2.24) is 0 Å². The van der Waals surface area contributed by atoms with Crippen LogP contribution in [0.15, 0.2) is 0 Å². The maximum Gasteiger partial charge on any atom is 0.0465 e. The van der Waals surface area contributed by atoms with Crippen LogP contribution >= 0.6 is 0 Å². The van der Waals surface area contributed by atoms with E-state index in [0.717, 1.165) is 59.2 Å². The van der Waals surface area contributed by atoms with Gasteiger partial charge in [-0.15, -0.1) is 0 Å². The standard InChI is InChI=1S/C19H28O2/c20-6-9-1-8-2-13-11-3-10(11)12-4-14(12)19(13)16-5-15(18(8)16)17(9)7-21/h8-21H,1-7H2. The van der Waals surface area contributed by atoms with E-state index in [1.165, 1.54) is 19.3 Å². The minimum atomic E-state index is 0.306. The molecule has 0 radical (unpaired) electrons. The Morgan fingerprint density at radius 1 is 0.571 bits per heavy atom. The molecule has 6 fully saturated rings. The third-order valence-electron chi connectivity index (χ3n) is 9.22. The van der Waals surface area contributed by atoms with Crippen molar-refractivity contribution in [2.45, 2.75) is 32.1 Å². The molecule has 0 aromatic rings. The van der Waals surface area contributed by atoms with Gasteiger partial charge in [-0.2, -0.15) is 0 Å². The molecule has 6 saturated carbocycles. The maximum absolute atomic E-state index is 9.81. The summed E-state index contributed by atoms with van der Waals surface area (Å²) in [6.07, 6.45) is 7.24. The van der Waals surface area contributed by atoms with E-state index >= 15 is 0 Å². The highest BCUT2D eigenvalue weighted by molar-refractivity contribution is 5.19. The number of aliphatic hydroxyl groups excluding tert-OH is 2. The van der Waals surface area contributed by atoms with Gasteiger partial charge in [0.05, 0.1) is 0 Å². The Morgan fingerprint density at radius 2 is 1.24 bits per heavy atom. The van der Waals surface area contributed by atoms with Gasteiger partial charge in [-0.3, -0.25) is 0 Å². The van der Waals surface area contributed by atoms with Crippen molar-refractivity contribution < 1.29 is 10.2 Å². The van der Waals surface area contributed by atoms with Crippen molar-refractivity contribution in [3.8, 4) is 0 Å². The Hall–Kier alpha value is -0.0800. The van der Waals surface area contributed by atoms with Gasteiger partial charge in [0.1, 0.15) is 0 Å². The first-order chi connectivity index (χ1) is 10.3. The molecule has 2 heteroatoms. The minimum Gasteiger partial charge on any atom is -0.396 e. The highest BCUT2D eigenvalue weighted by Crippen LogP contribution is 2.77. The lowest BCUT2D eigenvalue weighted by molar-refractivity contribution is -0.177. The Morgan fingerprint density at radius 3 is 2.00 bits per heavy atom. The summed E-state index contributed by atoms with van der Waals surface area (Å²) in [6.45, 7) is 0.622. The van der Waals surface area contributed by atoms with Crippen LogP contribution in [0.5, 0.6) is 0 Å². The zero-order valence-electron chi connectivity index (χ0n) is 12.8. The molecule has 12 unspecified atom stereocenters. The summed E-state index contributed by atoms with van der Waals surface area (Å²) in [5.74, 6) is 11.1.